The summed E-state index contributed by atoms with van der Waals surface area (Å²) in [6.45, 7) is 0. The van der Waals surface area contributed by atoms with Gasteiger partial charge in [-0.15, -0.1) is 6.07 Å². The molecule has 0 fully saturated rings. The number of rotatable bonds is 1. The van der Waals surface area contributed by atoms with Gasteiger partial charge in [-0.25, -0.2) is 0 Å². The first-order valence-corrected chi connectivity index (χ1v) is 4.47. The largest absolute Gasteiger partial charge is 0.418 e. The average Bonchev–Trinajstić information content (AvgIpc) is 2.30. The summed E-state index contributed by atoms with van der Waals surface area (Å²) in [5.41, 5.74) is 5.85. The van der Waals surface area contributed by atoms with Crippen molar-refractivity contribution in [2.24, 2.45) is 0 Å². The molecule has 81 valence electrons. The zero-order chi connectivity index (χ0) is 11.5. The van der Waals surface area contributed by atoms with Gasteiger partial charge in [0.2, 0.25) is 5.56 Å². The SMILES string of the molecule is N#Cc1ccn(-c2c[c-]c(N)cn2)c(=O)c1.[Y]. The van der Waals surface area contributed by atoms with Gasteiger partial charge in [0.05, 0.1) is 11.6 Å². The Morgan fingerprint density at radius 2 is 2.29 bits per heavy atom. The number of anilines is 1. The quantitative estimate of drug-likeness (QED) is 0.777. The van der Waals surface area contributed by atoms with Crippen molar-refractivity contribution < 1.29 is 32.7 Å². The van der Waals surface area contributed by atoms with Crippen molar-refractivity contribution in [1.29, 1.82) is 5.26 Å². The molecule has 2 aromatic heterocycles. The Morgan fingerprint density at radius 3 is 2.82 bits per heavy atom. The predicted octanol–water partition coefficient (Wildman–Crippen LogP) is 0.484. The van der Waals surface area contributed by atoms with Gasteiger partial charge in [0, 0.05) is 50.8 Å². The normalized spacial score (nSPS) is 9.12. The third-order valence-corrected chi connectivity index (χ3v) is 2.00. The summed E-state index contributed by atoms with van der Waals surface area (Å²) in [5, 5.41) is 8.62. The van der Waals surface area contributed by atoms with Crippen molar-refractivity contribution in [2.45, 2.75) is 0 Å². The summed E-state index contributed by atoms with van der Waals surface area (Å²) < 4.78 is 1.32. The van der Waals surface area contributed by atoms with Gasteiger partial charge in [0.15, 0.2) is 0 Å². The number of nitriles is 1. The number of nitrogen functional groups attached to an aromatic ring is 1. The van der Waals surface area contributed by atoms with E-state index in [-0.39, 0.29) is 38.3 Å². The number of aromatic nitrogens is 2. The summed E-state index contributed by atoms with van der Waals surface area (Å²) in [5.74, 6) is 0.420. The van der Waals surface area contributed by atoms with Gasteiger partial charge in [0.1, 0.15) is 0 Å². The molecule has 6 heteroatoms. The Bertz CT molecular complexity index is 613. The van der Waals surface area contributed by atoms with Crippen molar-refractivity contribution in [3.63, 3.8) is 0 Å². The molecule has 0 aliphatic rings. The second kappa shape index (κ2) is 5.71. The fourth-order valence-electron chi connectivity index (χ4n) is 1.23. The third-order valence-electron chi connectivity index (χ3n) is 2.00. The van der Waals surface area contributed by atoms with E-state index in [9.17, 15) is 4.79 Å². The molecule has 0 aliphatic heterocycles. The molecular weight excluding hydrogens is 293 g/mol. The van der Waals surface area contributed by atoms with Gasteiger partial charge in [-0.05, 0) is 6.07 Å². The Labute approximate surface area is 123 Å². The standard InChI is InChI=1S/C11H7N4O.Y/c12-6-8-3-4-15(11(16)5-8)10-2-1-9(13)7-14-10;/h2-5,7H,13H2;/q-1;. The summed E-state index contributed by atoms with van der Waals surface area (Å²) in [7, 11) is 0. The van der Waals surface area contributed by atoms with Crippen LogP contribution in [0, 0.1) is 17.4 Å². The Hall–Kier alpha value is -1.51. The monoisotopic (exact) mass is 300 g/mol. The minimum absolute atomic E-state index is 0. The smallest absolute Gasteiger partial charge is 0.246 e. The van der Waals surface area contributed by atoms with Crippen LogP contribution in [0.15, 0.2) is 35.4 Å². The molecule has 0 spiro atoms. The van der Waals surface area contributed by atoms with E-state index in [2.05, 4.69) is 11.1 Å². The fraction of sp³-hybridized carbons (Fsp3) is 0. The van der Waals surface area contributed by atoms with Crippen LogP contribution in [0.3, 0.4) is 0 Å². The van der Waals surface area contributed by atoms with Crippen LogP contribution >= 0.6 is 0 Å². The zero-order valence-electron chi connectivity index (χ0n) is 8.79. The summed E-state index contributed by atoms with van der Waals surface area (Å²) in [6.07, 6.45) is 2.91. The van der Waals surface area contributed by atoms with Crippen molar-refractivity contribution in [2.75, 3.05) is 5.73 Å². The minimum atomic E-state index is -0.315. The molecule has 0 amide bonds. The van der Waals surface area contributed by atoms with Crippen molar-refractivity contribution in [3.8, 4) is 11.9 Å². The first kappa shape index (κ1) is 13.6. The molecule has 17 heavy (non-hydrogen) atoms. The fourth-order valence-corrected chi connectivity index (χ4v) is 1.23. The van der Waals surface area contributed by atoms with Crippen LogP contribution in [0.5, 0.6) is 0 Å². The van der Waals surface area contributed by atoms with Gasteiger partial charge in [-0.1, -0.05) is 11.9 Å². The molecule has 0 aromatic carbocycles. The van der Waals surface area contributed by atoms with E-state index in [0.717, 1.165) is 0 Å². The average molecular weight is 300 g/mol. The first-order chi connectivity index (χ1) is 7.70. The molecule has 0 saturated heterocycles. The van der Waals surface area contributed by atoms with Gasteiger partial charge in [-0.2, -0.15) is 11.3 Å². The van der Waals surface area contributed by atoms with Crippen LogP contribution in [-0.2, 0) is 32.7 Å². The maximum atomic E-state index is 11.6. The summed E-state index contributed by atoms with van der Waals surface area (Å²) in [6, 6.07) is 8.94. The number of pyridine rings is 2. The second-order valence-corrected chi connectivity index (χ2v) is 3.10. The van der Waals surface area contributed by atoms with E-state index < -0.39 is 0 Å². The maximum absolute atomic E-state index is 11.6. The molecule has 0 bridgehead atoms. The van der Waals surface area contributed by atoms with E-state index in [0.29, 0.717) is 17.1 Å². The van der Waals surface area contributed by atoms with E-state index in [4.69, 9.17) is 11.0 Å². The van der Waals surface area contributed by atoms with Crippen LogP contribution in [0.25, 0.3) is 5.82 Å². The zero-order valence-corrected chi connectivity index (χ0v) is 11.6. The van der Waals surface area contributed by atoms with Crippen LogP contribution in [0.4, 0.5) is 5.69 Å². The Kier molecular flexibility index (Phi) is 4.56. The Morgan fingerprint density at radius 1 is 1.53 bits per heavy atom. The maximum Gasteiger partial charge on any atom is 0.246 e. The number of nitrogens with zero attached hydrogens (tertiary/aromatic N) is 3. The van der Waals surface area contributed by atoms with Crippen molar-refractivity contribution in [1.82, 2.24) is 9.55 Å². The van der Waals surface area contributed by atoms with Gasteiger partial charge >= 0.3 is 0 Å². The number of hydrogen-bond donors (Lipinski definition) is 1. The molecule has 0 unspecified atom stereocenters. The molecule has 2 aromatic rings. The van der Waals surface area contributed by atoms with Crippen LogP contribution in [-0.4, -0.2) is 9.55 Å². The molecule has 0 saturated carbocycles. The molecular formula is C11H7N4OY-. The van der Waals surface area contributed by atoms with Gasteiger partial charge in [-0.3, -0.25) is 4.79 Å². The van der Waals surface area contributed by atoms with Crippen LogP contribution in [0.2, 0.25) is 0 Å². The van der Waals surface area contributed by atoms with Gasteiger partial charge < -0.3 is 15.3 Å². The van der Waals surface area contributed by atoms with Crippen LogP contribution < -0.4 is 11.3 Å². The van der Waals surface area contributed by atoms with E-state index >= 15 is 0 Å². The molecule has 5 nitrogen and oxygen atoms in total. The number of hydrogen-bond acceptors (Lipinski definition) is 4. The second-order valence-electron chi connectivity index (χ2n) is 3.10. The predicted molar refractivity (Wildman–Crippen MR) is 57.8 cm³/mol. The summed E-state index contributed by atoms with van der Waals surface area (Å²) in [4.78, 5) is 15.6. The minimum Gasteiger partial charge on any atom is -0.418 e. The molecule has 2 N–H and O–H groups in total. The Balaban J connectivity index is 0.00000144. The third kappa shape index (κ3) is 2.99. The van der Waals surface area contributed by atoms with Crippen molar-refractivity contribution >= 4 is 5.69 Å². The molecule has 2 rings (SSSR count). The van der Waals surface area contributed by atoms with Gasteiger partial charge in [0.25, 0.3) is 0 Å². The number of nitrogens with two attached hydrogens (primary N) is 1. The molecule has 2 heterocycles. The van der Waals surface area contributed by atoms with Crippen molar-refractivity contribution in [3.05, 3.63) is 52.6 Å². The van der Waals surface area contributed by atoms with Crippen LogP contribution in [0.1, 0.15) is 5.56 Å². The summed E-state index contributed by atoms with van der Waals surface area (Å²) >= 11 is 0. The van der Waals surface area contributed by atoms with E-state index in [1.54, 1.807) is 6.07 Å². The molecule has 1 radical (unpaired) electrons. The first-order valence-electron chi connectivity index (χ1n) is 4.47. The molecule has 0 atom stereocenters. The topological polar surface area (TPSA) is 84.7 Å². The van der Waals surface area contributed by atoms with E-state index in [1.165, 1.54) is 29.1 Å². The van der Waals surface area contributed by atoms with E-state index in [1.807, 2.05) is 6.07 Å². The molecule has 0 aliphatic carbocycles.